The summed E-state index contributed by atoms with van der Waals surface area (Å²) in [5.74, 6) is -1.09. The van der Waals surface area contributed by atoms with Gasteiger partial charge in [-0.25, -0.2) is 13.8 Å². The Hall–Kier alpha value is -0.970. The van der Waals surface area contributed by atoms with Crippen molar-refractivity contribution in [2.45, 2.75) is 6.92 Å². The molecule has 0 saturated heterocycles. The first kappa shape index (κ1) is 9.58. The van der Waals surface area contributed by atoms with Gasteiger partial charge in [-0.1, -0.05) is 0 Å². The highest BCUT2D eigenvalue weighted by Gasteiger charge is 2.16. The molecule has 2 nitrogen and oxygen atoms in total. The molecule has 0 unspecified atom stereocenters. The number of halogens is 3. The van der Waals surface area contributed by atoms with Crippen LogP contribution in [0, 0.1) is 18.6 Å². The molecule has 0 bridgehead atoms. The molecule has 0 N–H and O–H groups in total. The summed E-state index contributed by atoms with van der Waals surface area (Å²) >= 11 is 2.94. The lowest BCUT2D eigenvalue weighted by atomic mass is 10.3. The van der Waals surface area contributed by atoms with Gasteiger partial charge in [-0.05, 0) is 28.9 Å². The number of benzene rings is 1. The molecule has 0 spiro atoms. The molecule has 2 rings (SSSR count). The van der Waals surface area contributed by atoms with E-state index in [1.807, 2.05) is 0 Å². The van der Waals surface area contributed by atoms with E-state index in [9.17, 15) is 8.78 Å². The molecule has 0 radical (unpaired) electrons. The highest BCUT2D eigenvalue weighted by atomic mass is 79.9. The normalized spacial score (nSPS) is 11.2. The summed E-state index contributed by atoms with van der Waals surface area (Å²) in [5, 5.41) is 0. The molecule has 0 amide bonds. The second kappa shape index (κ2) is 3.02. The van der Waals surface area contributed by atoms with Gasteiger partial charge in [0.1, 0.15) is 11.3 Å². The minimum atomic E-state index is -0.875. The third kappa shape index (κ3) is 1.15. The fourth-order valence-corrected chi connectivity index (χ4v) is 1.78. The second-order valence-electron chi connectivity index (χ2n) is 3.07. The first-order valence-corrected chi connectivity index (χ1v) is 4.78. The van der Waals surface area contributed by atoms with Crippen LogP contribution in [0.25, 0.3) is 11.0 Å². The summed E-state index contributed by atoms with van der Waals surface area (Å²) in [7, 11) is 1.65. The first-order chi connectivity index (χ1) is 6.52. The predicted octanol–water partition coefficient (Wildman–Crippen LogP) is 2.92. The maximum absolute atomic E-state index is 13.5. The second-order valence-corrected chi connectivity index (χ2v) is 3.93. The molecule has 1 aromatic heterocycles. The summed E-state index contributed by atoms with van der Waals surface area (Å²) < 4.78 is 28.3. The van der Waals surface area contributed by atoms with Crippen molar-refractivity contribution >= 4 is 27.0 Å². The average molecular weight is 261 g/mol. The van der Waals surface area contributed by atoms with Crippen molar-refractivity contribution in [2.24, 2.45) is 7.05 Å². The van der Waals surface area contributed by atoms with Crippen molar-refractivity contribution in [1.29, 1.82) is 0 Å². The SMILES string of the molecule is Cc1nc2cc(Br)c(F)c(F)c2n1C. The van der Waals surface area contributed by atoms with Crippen molar-refractivity contribution in [3.8, 4) is 0 Å². The third-order valence-electron chi connectivity index (χ3n) is 2.22. The number of nitrogens with zero attached hydrogens (tertiary/aromatic N) is 2. The van der Waals surface area contributed by atoms with Gasteiger partial charge in [-0.15, -0.1) is 0 Å². The molecule has 2 aromatic rings. The molecule has 0 aliphatic rings. The summed E-state index contributed by atoms with van der Waals surface area (Å²) in [5.41, 5.74) is 0.652. The van der Waals surface area contributed by atoms with Gasteiger partial charge in [0.25, 0.3) is 0 Å². The number of hydrogen-bond donors (Lipinski definition) is 0. The van der Waals surface area contributed by atoms with E-state index < -0.39 is 11.6 Å². The van der Waals surface area contributed by atoms with Gasteiger partial charge in [-0.3, -0.25) is 0 Å². The molecular weight excluding hydrogens is 254 g/mol. The summed E-state index contributed by atoms with van der Waals surface area (Å²) in [6.45, 7) is 1.74. The van der Waals surface area contributed by atoms with E-state index in [1.54, 1.807) is 14.0 Å². The van der Waals surface area contributed by atoms with Gasteiger partial charge >= 0.3 is 0 Å². The fraction of sp³-hybridized carbons (Fsp3) is 0.222. The van der Waals surface area contributed by atoms with Crippen molar-refractivity contribution in [1.82, 2.24) is 9.55 Å². The van der Waals surface area contributed by atoms with E-state index in [0.717, 1.165) is 0 Å². The molecule has 74 valence electrons. The predicted molar refractivity (Wildman–Crippen MR) is 53.1 cm³/mol. The Morgan fingerprint density at radius 2 is 2.00 bits per heavy atom. The van der Waals surface area contributed by atoms with E-state index in [0.29, 0.717) is 11.3 Å². The Balaban J connectivity index is 2.99. The summed E-state index contributed by atoms with van der Waals surface area (Å²) in [4.78, 5) is 4.10. The Bertz CT molecular complexity index is 519. The Labute approximate surface area is 87.7 Å². The summed E-state index contributed by atoms with van der Waals surface area (Å²) in [6.07, 6.45) is 0. The van der Waals surface area contributed by atoms with Crippen LogP contribution in [0.1, 0.15) is 5.82 Å². The highest BCUT2D eigenvalue weighted by molar-refractivity contribution is 9.10. The number of rotatable bonds is 0. The number of aromatic nitrogens is 2. The third-order valence-corrected chi connectivity index (χ3v) is 2.80. The largest absolute Gasteiger partial charge is 0.329 e. The lowest BCUT2D eigenvalue weighted by molar-refractivity contribution is 0.509. The maximum atomic E-state index is 13.5. The zero-order valence-corrected chi connectivity index (χ0v) is 9.19. The van der Waals surface area contributed by atoms with E-state index in [-0.39, 0.29) is 9.99 Å². The monoisotopic (exact) mass is 260 g/mol. The molecule has 1 heterocycles. The number of fused-ring (bicyclic) bond motifs is 1. The summed E-state index contributed by atoms with van der Waals surface area (Å²) in [6, 6.07) is 1.47. The van der Waals surface area contributed by atoms with Crippen LogP contribution in [-0.4, -0.2) is 9.55 Å². The van der Waals surface area contributed by atoms with Crippen LogP contribution in [0.4, 0.5) is 8.78 Å². The number of hydrogen-bond acceptors (Lipinski definition) is 1. The lowest BCUT2D eigenvalue weighted by Gasteiger charge is -2.00. The maximum Gasteiger partial charge on any atom is 0.185 e. The van der Waals surface area contributed by atoms with Crippen LogP contribution in [0.5, 0.6) is 0 Å². The van der Waals surface area contributed by atoms with E-state index in [4.69, 9.17) is 0 Å². The van der Waals surface area contributed by atoms with Crippen molar-refractivity contribution in [3.63, 3.8) is 0 Å². The van der Waals surface area contributed by atoms with Crippen LogP contribution in [0.3, 0.4) is 0 Å². The number of aryl methyl sites for hydroxylation is 2. The van der Waals surface area contributed by atoms with Crippen molar-refractivity contribution in [2.75, 3.05) is 0 Å². The molecule has 14 heavy (non-hydrogen) atoms. The molecular formula is C9H7BrF2N2. The molecule has 1 aromatic carbocycles. The Morgan fingerprint density at radius 1 is 1.36 bits per heavy atom. The van der Waals surface area contributed by atoms with Gasteiger partial charge in [0, 0.05) is 7.05 Å². The van der Waals surface area contributed by atoms with E-state index in [1.165, 1.54) is 10.6 Å². The van der Waals surface area contributed by atoms with E-state index >= 15 is 0 Å². The highest BCUT2D eigenvalue weighted by Crippen LogP contribution is 2.26. The standard InChI is InChI=1S/C9H7BrF2N2/c1-4-13-6-3-5(10)7(11)8(12)9(6)14(4)2/h3H,1-2H3. The average Bonchev–Trinajstić information content (AvgIpc) is 2.39. The zero-order valence-electron chi connectivity index (χ0n) is 7.61. The van der Waals surface area contributed by atoms with Gasteiger partial charge in [0.15, 0.2) is 11.6 Å². The minimum Gasteiger partial charge on any atom is -0.329 e. The molecule has 0 atom stereocenters. The van der Waals surface area contributed by atoms with Crippen molar-refractivity contribution in [3.05, 3.63) is 28.0 Å². The molecule has 0 aliphatic heterocycles. The first-order valence-electron chi connectivity index (χ1n) is 3.99. The van der Waals surface area contributed by atoms with Crippen LogP contribution < -0.4 is 0 Å². The Kier molecular flexibility index (Phi) is 2.06. The van der Waals surface area contributed by atoms with Gasteiger partial charge < -0.3 is 4.57 Å². The topological polar surface area (TPSA) is 17.8 Å². The zero-order chi connectivity index (χ0) is 10.5. The molecule has 5 heteroatoms. The molecule has 0 aliphatic carbocycles. The fourth-order valence-electron chi connectivity index (χ4n) is 1.39. The molecule has 0 saturated carbocycles. The van der Waals surface area contributed by atoms with Crippen LogP contribution in [0.15, 0.2) is 10.5 Å². The minimum absolute atomic E-state index is 0.0978. The van der Waals surface area contributed by atoms with Crippen molar-refractivity contribution < 1.29 is 8.78 Å². The van der Waals surface area contributed by atoms with Crippen LogP contribution in [0.2, 0.25) is 0 Å². The van der Waals surface area contributed by atoms with Gasteiger partial charge in [0.2, 0.25) is 0 Å². The van der Waals surface area contributed by atoms with Crippen LogP contribution >= 0.6 is 15.9 Å². The lowest BCUT2D eigenvalue weighted by Crippen LogP contribution is -1.95. The van der Waals surface area contributed by atoms with Gasteiger partial charge in [0.05, 0.1) is 9.99 Å². The Morgan fingerprint density at radius 3 is 2.64 bits per heavy atom. The smallest absolute Gasteiger partial charge is 0.185 e. The van der Waals surface area contributed by atoms with E-state index in [2.05, 4.69) is 20.9 Å². The number of imidazole rings is 1. The van der Waals surface area contributed by atoms with Crippen LogP contribution in [-0.2, 0) is 7.05 Å². The quantitative estimate of drug-likeness (QED) is 0.667. The molecule has 0 fully saturated rings. The van der Waals surface area contributed by atoms with Gasteiger partial charge in [-0.2, -0.15) is 0 Å².